The van der Waals surface area contributed by atoms with E-state index in [0.717, 1.165) is 12.1 Å². The molecule has 0 spiro atoms. The minimum absolute atomic E-state index is 0.136. The van der Waals surface area contributed by atoms with Crippen LogP contribution in [-0.4, -0.2) is 160 Å². The van der Waals surface area contributed by atoms with Crippen LogP contribution in [0.5, 0.6) is 23.0 Å². The number of hydrogen-bond acceptors (Lipinski definition) is 20. The van der Waals surface area contributed by atoms with Crippen LogP contribution in [0.3, 0.4) is 0 Å². The van der Waals surface area contributed by atoms with Gasteiger partial charge in [0.15, 0.2) is 23.5 Å². The lowest BCUT2D eigenvalue weighted by Gasteiger charge is -2.45. The highest BCUT2D eigenvalue weighted by Gasteiger charge is 2.51. The molecule has 15 atom stereocenters. The summed E-state index contributed by atoms with van der Waals surface area (Å²) in [6.45, 7) is 2.02. The second kappa shape index (κ2) is 15.6. The molecule has 20 nitrogen and oxygen atoms in total. The highest BCUT2D eigenvalue weighted by Crippen LogP contribution is 2.43. The van der Waals surface area contributed by atoms with Gasteiger partial charge in [0, 0.05) is 17.7 Å². The first-order valence-corrected chi connectivity index (χ1v) is 16.4. The number of aromatic hydroxyl groups is 2. The minimum atomic E-state index is -1.87. The zero-order valence-electron chi connectivity index (χ0n) is 27.9. The van der Waals surface area contributed by atoms with Crippen LogP contribution < -0.4 is 9.78 Å². The van der Waals surface area contributed by atoms with Crippen molar-refractivity contribution < 1.29 is 99.5 Å². The Morgan fingerprint density at radius 3 is 2.04 bits per heavy atom. The Morgan fingerprint density at radius 2 is 1.36 bits per heavy atom. The highest BCUT2D eigenvalue weighted by atomic mass is 17.2. The molecule has 0 unspecified atom stereocenters. The van der Waals surface area contributed by atoms with Crippen molar-refractivity contribution in [2.24, 2.45) is 0 Å². The average Bonchev–Trinajstić information content (AvgIpc) is 3.28. The Labute approximate surface area is 299 Å². The number of carbonyl (C=O) groups is 1. The van der Waals surface area contributed by atoms with Gasteiger partial charge in [-0.1, -0.05) is 0 Å². The van der Waals surface area contributed by atoms with Crippen molar-refractivity contribution in [1.29, 1.82) is 0 Å². The first-order chi connectivity index (χ1) is 25.1. The number of aliphatic hydroxyl groups excluding tert-OH is 9. The molecule has 4 aliphatic rings. The van der Waals surface area contributed by atoms with Gasteiger partial charge in [-0.15, -0.1) is 0 Å². The summed E-state index contributed by atoms with van der Waals surface area (Å²) >= 11 is 0. The number of phenolic OH excluding ortho intramolecular Hbond substituents is 2. The molecule has 0 radical (unpaired) electrons. The van der Waals surface area contributed by atoms with Gasteiger partial charge in [0.1, 0.15) is 84.2 Å². The monoisotopic (exact) mass is 756 g/mol. The Hall–Kier alpha value is -3.71. The number of fused-ring (bicyclic) bond motifs is 1. The van der Waals surface area contributed by atoms with Crippen molar-refractivity contribution in [3.8, 4) is 23.0 Å². The molecule has 0 aromatic heterocycles. The second-order valence-electron chi connectivity index (χ2n) is 13.0. The first kappa shape index (κ1) is 39.0. The summed E-state index contributed by atoms with van der Waals surface area (Å²) in [5.41, 5.74) is -0.789. The summed E-state index contributed by atoms with van der Waals surface area (Å²) in [6.07, 6.45) is -24.1. The van der Waals surface area contributed by atoms with Gasteiger partial charge in [-0.2, -0.15) is 4.89 Å². The maximum Gasteiger partial charge on any atom is 0.232 e. The molecule has 3 fully saturated rings. The van der Waals surface area contributed by atoms with Crippen molar-refractivity contribution in [3.63, 3.8) is 0 Å². The maximum absolute atomic E-state index is 14.2. The van der Waals surface area contributed by atoms with Crippen LogP contribution in [0, 0.1) is 0 Å². The second-order valence-corrected chi connectivity index (χ2v) is 13.0. The van der Waals surface area contributed by atoms with Crippen molar-refractivity contribution in [3.05, 3.63) is 53.1 Å². The van der Waals surface area contributed by atoms with Gasteiger partial charge in [0.05, 0.1) is 24.4 Å². The lowest BCUT2D eigenvalue weighted by atomic mass is 9.86. The zero-order valence-corrected chi connectivity index (χ0v) is 27.9. The van der Waals surface area contributed by atoms with E-state index in [1.54, 1.807) is 0 Å². The van der Waals surface area contributed by atoms with E-state index < -0.39 is 127 Å². The lowest BCUT2D eigenvalue weighted by molar-refractivity contribution is -0.401. The first-order valence-electron chi connectivity index (χ1n) is 16.4. The summed E-state index contributed by atoms with van der Waals surface area (Å²) in [6, 6.07) is 7.20. The number of aliphatic hydroxyl groups is 9. The fourth-order valence-corrected chi connectivity index (χ4v) is 6.33. The molecule has 4 heterocycles. The summed E-state index contributed by atoms with van der Waals surface area (Å²) in [5, 5.41) is 114. The molecule has 0 bridgehead atoms. The van der Waals surface area contributed by atoms with Gasteiger partial charge in [0.2, 0.25) is 12.1 Å². The van der Waals surface area contributed by atoms with Crippen LogP contribution in [0.1, 0.15) is 29.8 Å². The molecular weight excluding hydrogens is 716 g/mol. The predicted octanol–water partition coefficient (Wildman–Crippen LogP) is -3.15. The Morgan fingerprint density at radius 1 is 0.698 bits per heavy atom. The van der Waals surface area contributed by atoms with Crippen molar-refractivity contribution >= 4 is 11.5 Å². The van der Waals surface area contributed by atoms with Crippen LogP contribution >= 0.6 is 0 Å². The molecule has 20 heteroatoms. The fourth-order valence-electron chi connectivity index (χ4n) is 6.33. The van der Waals surface area contributed by atoms with Gasteiger partial charge in [-0.3, -0.25) is 14.6 Å². The molecule has 3 saturated heterocycles. The number of hydrogen-bond donors (Lipinski definition) is 11. The van der Waals surface area contributed by atoms with Crippen LogP contribution in [0.2, 0.25) is 0 Å². The number of ether oxygens (including phenoxy) is 4. The number of ketones is 1. The van der Waals surface area contributed by atoms with Gasteiger partial charge < -0.3 is 80.0 Å². The fraction of sp³-hybridized carbons (Fsp3) is 0.545. The molecular formula is C33H40O20. The molecule has 2 aromatic rings. The predicted molar refractivity (Wildman–Crippen MR) is 168 cm³/mol. The van der Waals surface area contributed by atoms with Crippen LogP contribution in [0.25, 0.3) is 5.76 Å². The molecule has 11 N–H and O–H groups in total. The third-order valence-electron chi connectivity index (χ3n) is 9.41. The normalized spacial score (nSPS) is 39.1. The topological polar surface area (TPSA) is 313 Å². The van der Waals surface area contributed by atoms with E-state index in [4.69, 9.17) is 38.5 Å². The summed E-state index contributed by atoms with van der Waals surface area (Å²) in [5.74, 6) is -3.03. The summed E-state index contributed by atoms with van der Waals surface area (Å²) < 4.78 is 22.1. The summed E-state index contributed by atoms with van der Waals surface area (Å²) in [4.78, 5) is 35.7. The van der Waals surface area contributed by atoms with Crippen molar-refractivity contribution in [1.82, 2.24) is 0 Å². The molecule has 2 aromatic carbocycles. The third kappa shape index (κ3) is 7.39. The smallest absolute Gasteiger partial charge is 0.232 e. The number of benzene rings is 2. The van der Waals surface area contributed by atoms with Crippen molar-refractivity contribution in [2.75, 3.05) is 6.61 Å². The number of Topliss-reactive ketones (excluding diaryl/α,β-unsaturated/α-hetero) is 1. The quantitative estimate of drug-likeness (QED) is 0.0936. The van der Waals surface area contributed by atoms with E-state index in [0.29, 0.717) is 0 Å². The SMILES string of the molecule is C[C@@H]1O[C@H](OOc2cc(O)c3c(c2)OOC(c2ccc(O)cc2)=C([C@H]2O[C@@H](C)[C@@H](O)[C@H](O)[C@@H]2O)C3=O)[C@H](O)[C@H](O[C@H]2O[C@H](CO)[C@@H](O)[C@H](O)[C@H]2O)[C@H]1O. The lowest BCUT2D eigenvalue weighted by Crippen LogP contribution is -2.64. The molecule has 6 rings (SSSR count). The molecule has 53 heavy (non-hydrogen) atoms. The molecule has 0 amide bonds. The zero-order chi connectivity index (χ0) is 38.5. The largest absolute Gasteiger partial charge is 0.508 e. The van der Waals surface area contributed by atoms with Gasteiger partial charge in [0.25, 0.3) is 0 Å². The van der Waals surface area contributed by atoms with Gasteiger partial charge in [-0.25, -0.2) is 0 Å². The van der Waals surface area contributed by atoms with E-state index in [1.165, 1.54) is 38.1 Å². The van der Waals surface area contributed by atoms with Gasteiger partial charge >= 0.3 is 0 Å². The molecule has 0 saturated carbocycles. The van der Waals surface area contributed by atoms with E-state index >= 15 is 0 Å². The van der Waals surface area contributed by atoms with E-state index in [1.807, 2.05) is 0 Å². The number of rotatable bonds is 8. The molecule has 4 aliphatic heterocycles. The Balaban J connectivity index is 1.24. The van der Waals surface area contributed by atoms with Crippen LogP contribution in [0.15, 0.2) is 42.0 Å². The Bertz CT molecular complexity index is 1650. The number of phenols is 2. The van der Waals surface area contributed by atoms with Crippen LogP contribution in [0.4, 0.5) is 0 Å². The van der Waals surface area contributed by atoms with Crippen molar-refractivity contribution in [2.45, 2.75) is 106 Å². The third-order valence-corrected chi connectivity index (χ3v) is 9.41. The van der Waals surface area contributed by atoms with E-state index in [-0.39, 0.29) is 22.8 Å². The maximum atomic E-state index is 14.2. The van der Waals surface area contributed by atoms with E-state index in [2.05, 4.69) is 0 Å². The number of carbonyl (C=O) groups excluding carboxylic acids is 1. The van der Waals surface area contributed by atoms with Crippen LogP contribution in [-0.2, 0) is 28.7 Å². The Kier molecular flexibility index (Phi) is 11.5. The van der Waals surface area contributed by atoms with E-state index in [9.17, 15) is 61.0 Å². The summed E-state index contributed by atoms with van der Waals surface area (Å²) in [7, 11) is 0. The standard InChI is InChI=1S/C33H40O20/c1-10-20(37)24(41)26(43)30(46-10)19-23(40)18-15(36)7-14(8-16(18)51-52-29(19)12-3-5-13(35)6-4-12)50-53-33-28(45)31(21(38)11(2)47-33)49-32-27(44)25(42)22(39)17(9-34)48-32/h3-8,10-11,17,20-22,24-28,30-39,41-45H,9H2,1-2H3/t10-,11-,17+,20+,21-,22+,24-,25-,26-,27+,28+,30+,31+,32+,33+/m0/s1. The van der Waals surface area contributed by atoms with Gasteiger partial charge in [-0.05, 0) is 38.1 Å². The highest BCUT2D eigenvalue weighted by molar-refractivity contribution is 6.16. The molecule has 0 aliphatic carbocycles. The average molecular weight is 757 g/mol. The molecule has 292 valence electrons. The minimum Gasteiger partial charge on any atom is -0.508 e.